The number of ketones is 1. The Bertz CT molecular complexity index is 2660. The maximum Gasteiger partial charge on any atom is 0.238 e. The summed E-state index contributed by atoms with van der Waals surface area (Å²) in [6, 6.07) is 15.1. The van der Waals surface area contributed by atoms with E-state index in [2.05, 4.69) is 30.6 Å². The summed E-state index contributed by atoms with van der Waals surface area (Å²) < 4.78 is 111. The summed E-state index contributed by atoms with van der Waals surface area (Å²) in [6.07, 6.45) is 2.31. The monoisotopic (exact) mass is 886 g/mol. The molecule has 312 valence electrons. The number of primary sulfonamides is 2. The number of carbonyl (C=O) groups excluding carboxylic acids is 1. The Morgan fingerprint density at radius 2 is 1.00 bits per heavy atom. The van der Waals surface area contributed by atoms with Gasteiger partial charge in [-0.15, -0.1) is 0 Å². The van der Waals surface area contributed by atoms with Crippen molar-refractivity contribution in [1.29, 1.82) is 0 Å². The molecule has 0 atom stereocenters. The average molecular weight is 887 g/mol. The normalized spacial score (nSPS) is 11.2. The molecule has 0 saturated carbocycles. The molecular formula is C36H30F4N10O7S3. The smallest absolute Gasteiger partial charge is 0.238 e. The Morgan fingerprint density at radius 3 is 1.38 bits per heavy atom. The van der Waals surface area contributed by atoms with Gasteiger partial charge in [0.15, 0.2) is 23.3 Å². The van der Waals surface area contributed by atoms with Crippen molar-refractivity contribution in [3.8, 4) is 11.5 Å². The largest absolute Gasteiger partial charge is 0.496 e. The molecule has 60 heavy (non-hydrogen) atoms. The Labute approximate surface area is 343 Å². The lowest BCUT2D eigenvalue weighted by Crippen LogP contribution is -2.13. The van der Waals surface area contributed by atoms with Gasteiger partial charge in [0.25, 0.3) is 0 Å². The highest BCUT2D eigenvalue weighted by atomic mass is 32.2. The van der Waals surface area contributed by atoms with Crippen molar-refractivity contribution in [1.82, 2.24) is 19.9 Å². The van der Waals surface area contributed by atoms with Gasteiger partial charge in [-0.2, -0.15) is 9.97 Å². The summed E-state index contributed by atoms with van der Waals surface area (Å²) in [6.45, 7) is 0. The van der Waals surface area contributed by atoms with E-state index >= 15 is 0 Å². The fraction of sp³-hybridized carbons (Fsp3) is 0.0556. The van der Waals surface area contributed by atoms with Crippen molar-refractivity contribution >= 4 is 77.8 Å². The zero-order valence-corrected chi connectivity index (χ0v) is 33.2. The number of rotatable bonds is 12. The fourth-order valence-electron chi connectivity index (χ4n) is 5.07. The van der Waals surface area contributed by atoms with Crippen LogP contribution < -0.4 is 41.9 Å². The highest BCUT2D eigenvalue weighted by Crippen LogP contribution is 2.30. The second-order valence-corrected chi connectivity index (χ2v) is 15.4. The van der Waals surface area contributed by atoms with Crippen LogP contribution in [0.5, 0.6) is 11.5 Å². The third-order valence-electron chi connectivity index (χ3n) is 8.01. The van der Waals surface area contributed by atoms with Crippen molar-refractivity contribution in [2.75, 3.05) is 36.3 Å². The molecule has 17 nitrogen and oxygen atoms in total. The van der Waals surface area contributed by atoms with Gasteiger partial charge >= 0.3 is 0 Å². The van der Waals surface area contributed by atoms with Gasteiger partial charge in [-0.3, -0.25) is 4.79 Å². The summed E-state index contributed by atoms with van der Waals surface area (Å²) in [4.78, 5) is 28.4. The maximum atomic E-state index is 14.3. The van der Waals surface area contributed by atoms with Crippen LogP contribution in [0.1, 0.15) is 27.0 Å². The van der Waals surface area contributed by atoms with Gasteiger partial charge in [0.05, 0.1) is 45.6 Å². The number of halogens is 4. The summed E-state index contributed by atoms with van der Waals surface area (Å²) in [5.74, 6) is -6.25. The van der Waals surface area contributed by atoms with E-state index in [0.29, 0.717) is 11.4 Å². The van der Waals surface area contributed by atoms with Crippen LogP contribution in [0.25, 0.3) is 0 Å². The first kappa shape index (κ1) is 44.2. The molecule has 2 aromatic heterocycles. The molecule has 0 unspecified atom stereocenters. The number of hydrogen-bond donors (Lipinski definition) is 6. The molecule has 2 heterocycles. The average Bonchev–Trinajstić information content (AvgIpc) is 3.19. The highest BCUT2D eigenvalue weighted by molar-refractivity contribution is 7.89. The van der Waals surface area contributed by atoms with E-state index in [-0.39, 0.29) is 66.4 Å². The van der Waals surface area contributed by atoms with Gasteiger partial charge in [-0.25, -0.2) is 54.6 Å². The first-order valence-corrected chi connectivity index (χ1v) is 19.9. The molecule has 0 radical (unpaired) electrons. The topological polar surface area (TPSA) is 284 Å². The van der Waals surface area contributed by atoms with Crippen LogP contribution in [0, 0.1) is 23.3 Å². The van der Waals surface area contributed by atoms with Crippen LogP contribution >= 0.6 is 12.2 Å². The van der Waals surface area contributed by atoms with Crippen molar-refractivity contribution in [3.05, 3.63) is 131 Å². The van der Waals surface area contributed by atoms with E-state index in [0.717, 1.165) is 24.4 Å². The summed E-state index contributed by atoms with van der Waals surface area (Å²) in [7, 11) is -5.15. The van der Waals surface area contributed by atoms with E-state index < -0.39 is 54.7 Å². The Balaban J connectivity index is 0.000000228. The zero-order chi connectivity index (χ0) is 44.1. The number of nitrogens with one attached hydrogen (secondary N) is 2. The fourth-order valence-corrected chi connectivity index (χ4v) is 6.45. The number of methoxy groups -OCH3 is 2. The Hall–Kier alpha value is -6.86. The molecule has 0 saturated heterocycles. The Kier molecular flexibility index (Phi) is 13.2. The summed E-state index contributed by atoms with van der Waals surface area (Å²) in [5, 5.41) is 15.7. The molecule has 10 N–H and O–H groups in total. The molecule has 6 aromatic rings. The molecule has 0 bridgehead atoms. The van der Waals surface area contributed by atoms with Crippen LogP contribution in [-0.2, 0) is 20.0 Å². The lowest BCUT2D eigenvalue weighted by Gasteiger charge is -2.13. The van der Waals surface area contributed by atoms with Gasteiger partial charge in [0.1, 0.15) is 28.7 Å². The predicted octanol–water partition coefficient (Wildman–Crippen LogP) is 4.47. The van der Waals surface area contributed by atoms with Crippen LogP contribution in [0.15, 0.2) is 95.0 Å². The van der Waals surface area contributed by atoms with Gasteiger partial charge in [0, 0.05) is 23.8 Å². The minimum Gasteiger partial charge on any atom is -0.496 e. The third kappa shape index (κ3) is 10.0. The number of nitrogen functional groups attached to an aromatic ring is 2. The predicted molar refractivity (Wildman–Crippen MR) is 215 cm³/mol. The van der Waals surface area contributed by atoms with E-state index in [1.54, 1.807) is 0 Å². The van der Waals surface area contributed by atoms with Crippen molar-refractivity contribution < 1.29 is 48.7 Å². The van der Waals surface area contributed by atoms with Crippen LogP contribution in [-0.4, -0.2) is 61.6 Å². The van der Waals surface area contributed by atoms with E-state index in [9.17, 15) is 39.2 Å². The Morgan fingerprint density at radius 1 is 0.617 bits per heavy atom. The van der Waals surface area contributed by atoms with Gasteiger partial charge in [-0.05, 0) is 72.8 Å². The molecule has 0 amide bonds. The lowest BCUT2D eigenvalue weighted by atomic mass is 10.0. The second kappa shape index (κ2) is 18.0. The zero-order valence-electron chi connectivity index (χ0n) is 30.8. The van der Waals surface area contributed by atoms with Crippen LogP contribution in [0.4, 0.5) is 52.5 Å². The highest BCUT2D eigenvalue weighted by Gasteiger charge is 2.26. The maximum absolute atomic E-state index is 14.3. The second-order valence-electron chi connectivity index (χ2n) is 11.9. The summed E-state index contributed by atoms with van der Waals surface area (Å²) >= 11 is 5.26. The quantitative estimate of drug-likeness (QED) is 0.0562. The third-order valence-corrected chi connectivity index (χ3v) is 10.3. The number of nitrogens with zero attached hydrogens (tertiary/aromatic N) is 4. The van der Waals surface area contributed by atoms with Gasteiger partial charge < -0.3 is 31.6 Å². The van der Waals surface area contributed by atoms with E-state index in [4.69, 9.17) is 43.4 Å². The minimum absolute atomic E-state index is 0.0147. The standard InChI is InChI=1S/C18H15F2N5O4S.C18H15F2N5O3S2/c1-29-13-7-6-12(19)15(20)14(13)16(26)11-8-23-18(25-17(11)21)24-9-2-4-10(5-3-9)30(22,27)28;1-28-13-7-6-12(19)15(20)14(13)16(29)11-8-23-18(25-17(11)21)24-9-2-4-10(5-3-9)30(22,26)27/h2-8H,1H3,(H2,22,27,28)(H3,21,23,24,25);2-8H,1H3,(H2,22,26,27)(H3,21,23,24,25). The SMILES string of the molecule is COc1ccc(F)c(F)c1C(=O)c1cnc(Nc2ccc(S(N)(=O)=O)cc2)nc1N.COc1ccc(F)c(F)c1C(=S)c1cnc(Nc2ccc(S(N)(=O)=O)cc2)nc1N. The number of ether oxygens (including phenoxy) is 2. The first-order chi connectivity index (χ1) is 28.2. The molecule has 24 heteroatoms. The van der Waals surface area contributed by atoms with Crippen LogP contribution in [0.3, 0.4) is 0 Å². The number of benzene rings is 4. The van der Waals surface area contributed by atoms with Gasteiger partial charge in [-0.1, -0.05) is 12.2 Å². The number of nitrogens with two attached hydrogens (primary N) is 4. The number of hydrogen-bond acceptors (Lipinski definition) is 16. The van der Waals surface area contributed by atoms with Gasteiger partial charge in [0.2, 0.25) is 37.7 Å². The summed E-state index contributed by atoms with van der Waals surface area (Å²) in [5.41, 5.74) is 11.6. The lowest BCUT2D eigenvalue weighted by molar-refractivity contribution is 0.103. The number of anilines is 6. The minimum atomic E-state index is -3.84. The van der Waals surface area contributed by atoms with Crippen LogP contribution in [0.2, 0.25) is 0 Å². The number of thiocarbonyl (C=S) groups is 1. The number of carbonyl (C=O) groups is 1. The molecule has 0 fully saturated rings. The van der Waals surface area contributed by atoms with E-state index in [1.807, 2.05) is 0 Å². The molecule has 4 aromatic carbocycles. The number of aromatic nitrogens is 4. The van der Waals surface area contributed by atoms with E-state index in [1.165, 1.54) is 75.0 Å². The number of sulfonamides is 2. The molecule has 0 aliphatic rings. The molecular weight excluding hydrogens is 857 g/mol. The molecule has 0 aliphatic heterocycles. The molecule has 0 aliphatic carbocycles. The van der Waals surface area contributed by atoms with Crippen molar-refractivity contribution in [3.63, 3.8) is 0 Å². The van der Waals surface area contributed by atoms with Crippen molar-refractivity contribution in [2.45, 2.75) is 9.79 Å². The first-order valence-electron chi connectivity index (χ1n) is 16.4. The molecule has 6 rings (SSSR count). The van der Waals surface area contributed by atoms with Crippen molar-refractivity contribution in [2.24, 2.45) is 10.3 Å². The molecule has 0 spiro atoms.